The number of aromatic nitrogens is 2. The second-order valence-electron chi connectivity index (χ2n) is 5.11. The molecule has 0 saturated heterocycles. The van der Waals surface area contributed by atoms with Gasteiger partial charge in [-0.2, -0.15) is 5.10 Å². The topological polar surface area (TPSA) is 55.1 Å². The third-order valence-electron chi connectivity index (χ3n) is 2.64. The summed E-state index contributed by atoms with van der Waals surface area (Å²) in [7, 11) is 0. The summed E-state index contributed by atoms with van der Waals surface area (Å²) in [5, 5.41) is 13.3. The van der Waals surface area contributed by atoms with Crippen molar-refractivity contribution < 1.29 is 9.90 Å². The fourth-order valence-electron chi connectivity index (χ4n) is 1.81. The first-order valence-corrected chi connectivity index (χ1v) is 5.23. The highest BCUT2D eigenvalue weighted by molar-refractivity contribution is 5.89. The van der Waals surface area contributed by atoms with Crippen molar-refractivity contribution >= 4 is 5.97 Å². The lowest BCUT2D eigenvalue weighted by Gasteiger charge is -2.22. The molecule has 4 nitrogen and oxygen atoms in total. The van der Waals surface area contributed by atoms with Crippen LogP contribution in [0.5, 0.6) is 0 Å². The molecule has 1 aliphatic carbocycles. The molecule has 1 aliphatic rings. The number of nitrogens with zero attached hydrogens (tertiary/aromatic N) is 2. The Morgan fingerprint density at radius 3 is 2.53 bits per heavy atom. The van der Waals surface area contributed by atoms with Gasteiger partial charge in [0.25, 0.3) is 0 Å². The summed E-state index contributed by atoms with van der Waals surface area (Å²) in [6.07, 6.45) is 3.64. The number of carbonyl (C=O) groups is 1. The molecule has 15 heavy (non-hydrogen) atoms. The summed E-state index contributed by atoms with van der Waals surface area (Å²) < 4.78 is 1.86. The average molecular weight is 208 g/mol. The first kappa shape index (κ1) is 10.2. The minimum atomic E-state index is -0.868. The molecule has 0 bridgehead atoms. The van der Waals surface area contributed by atoms with E-state index in [1.165, 1.54) is 6.20 Å². The third-order valence-corrected chi connectivity index (χ3v) is 2.64. The maximum atomic E-state index is 11.0. The van der Waals surface area contributed by atoms with Gasteiger partial charge in [-0.15, -0.1) is 0 Å². The second-order valence-corrected chi connectivity index (χ2v) is 5.11. The van der Waals surface area contributed by atoms with E-state index in [9.17, 15) is 4.79 Å². The Balaban J connectivity index is 2.52. The van der Waals surface area contributed by atoms with Gasteiger partial charge in [0.05, 0.1) is 17.4 Å². The molecule has 4 heteroatoms. The van der Waals surface area contributed by atoms with E-state index in [0.717, 1.165) is 18.5 Å². The van der Waals surface area contributed by atoms with Gasteiger partial charge in [0, 0.05) is 5.92 Å². The molecule has 1 aromatic rings. The molecule has 82 valence electrons. The molecule has 0 aromatic carbocycles. The van der Waals surface area contributed by atoms with E-state index in [-0.39, 0.29) is 5.54 Å². The van der Waals surface area contributed by atoms with Gasteiger partial charge < -0.3 is 5.11 Å². The van der Waals surface area contributed by atoms with E-state index < -0.39 is 5.97 Å². The van der Waals surface area contributed by atoms with Crippen LogP contribution in [0.2, 0.25) is 0 Å². The standard InChI is InChI=1S/C11H16N2O2/c1-11(2,3)13-9(7-4-5-7)8(6-12-13)10(14)15/h6-7H,4-5H2,1-3H3,(H,14,15). The Hall–Kier alpha value is -1.32. The highest BCUT2D eigenvalue weighted by atomic mass is 16.4. The normalized spacial score (nSPS) is 16.7. The number of carboxylic acids is 1. The number of aromatic carboxylic acids is 1. The van der Waals surface area contributed by atoms with E-state index in [2.05, 4.69) is 5.10 Å². The van der Waals surface area contributed by atoms with Gasteiger partial charge >= 0.3 is 5.97 Å². The van der Waals surface area contributed by atoms with Crippen LogP contribution in [-0.4, -0.2) is 20.9 Å². The van der Waals surface area contributed by atoms with Gasteiger partial charge in [-0.05, 0) is 33.6 Å². The van der Waals surface area contributed by atoms with Crippen LogP contribution in [0.3, 0.4) is 0 Å². The van der Waals surface area contributed by atoms with Gasteiger partial charge in [-0.25, -0.2) is 4.79 Å². The Kier molecular flexibility index (Phi) is 2.10. The maximum Gasteiger partial charge on any atom is 0.339 e. The third kappa shape index (κ3) is 1.76. The Morgan fingerprint density at radius 2 is 2.13 bits per heavy atom. The van der Waals surface area contributed by atoms with Crippen LogP contribution in [-0.2, 0) is 5.54 Å². The lowest BCUT2D eigenvalue weighted by Crippen LogP contribution is -2.25. The molecule has 1 N–H and O–H groups in total. The van der Waals surface area contributed by atoms with Crippen molar-refractivity contribution in [2.24, 2.45) is 0 Å². The number of rotatable bonds is 2. The first-order chi connectivity index (χ1) is 6.91. The molecule has 0 spiro atoms. The number of hydrogen-bond donors (Lipinski definition) is 1. The van der Waals surface area contributed by atoms with Gasteiger partial charge in [-0.3, -0.25) is 4.68 Å². The average Bonchev–Trinajstić information content (AvgIpc) is 2.81. The van der Waals surface area contributed by atoms with Gasteiger partial charge in [0.1, 0.15) is 5.56 Å². The number of carboxylic acid groups (broad SMARTS) is 1. The van der Waals surface area contributed by atoms with Crippen LogP contribution >= 0.6 is 0 Å². The van der Waals surface area contributed by atoms with E-state index in [0.29, 0.717) is 11.5 Å². The highest BCUT2D eigenvalue weighted by Crippen LogP contribution is 2.43. The quantitative estimate of drug-likeness (QED) is 0.810. The molecular weight excluding hydrogens is 192 g/mol. The van der Waals surface area contributed by atoms with Crippen LogP contribution in [0, 0.1) is 0 Å². The number of hydrogen-bond acceptors (Lipinski definition) is 2. The summed E-state index contributed by atoms with van der Waals surface area (Å²) in [5.41, 5.74) is 1.12. The van der Waals surface area contributed by atoms with Crippen molar-refractivity contribution in [3.63, 3.8) is 0 Å². The zero-order chi connectivity index (χ0) is 11.2. The van der Waals surface area contributed by atoms with Crippen LogP contribution in [0.15, 0.2) is 6.20 Å². The van der Waals surface area contributed by atoms with E-state index in [1.54, 1.807) is 0 Å². The minimum absolute atomic E-state index is 0.147. The van der Waals surface area contributed by atoms with Crippen molar-refractivity contribution in [1.29, 1.82) is 0 Å². The molecule has 0 atom stereocenters. The van der Waals surface area contributed by atoms with Crippen LogP contribution in [0.25, 0.3) is 0 Å². The van der Waals surface area contributed by atoms with E-state index in [4.69, 9.17) is 5.11 Å². The minimum Gasteiger partial charge on any atom is -0.478 e. The fourth-order valence-corrected chi connectivity index (χ4v) is 1.81. The van der Waals surface area contributed by atoms with Gasteiger partial charge in [-0.1, -0.05) is 0 Å². The molecule has 0 unspecified atom stereocenters. The Bertz CT molecular complexity index is 397. The molecular formula is C11H16N2O2. The lowest BCUT2D eigenvalue weighted by atomic mass is 10.1. The molecule has 2 rings (SSSR count). The van der Waals surface area contributed by atoms with Crippen LogP contribution in [0.1, 0.15) is 55.6 Å². The van der Waals surface area contributed by atoms with Crippen LogP contribution in [0.4, 0.5) is 0 Å². The maximum absolute atomic E-state index is 11.0. The molecule has 1 fully saturated rings. The second kappa shape index (κ2) is 3.08. The predicted molar refractivity (Wildman–Crippen MR) is 56.2 cm³/mol. The first-order valence-electron chi connectivity index (χ1n) is 5.23. The van der Waals surface area contributed by atoms with Crippen LogP contribution < -0.4 is 0 Å². The SMILES string of the molecule is CC(C)(C)n1ncc(C(=O)O)c1C1CC1. The van der Waals surface area contributed by atoms with Gasteiger partial charge in [0.2, 0.25) is 0 Å². The van der Waals surface area contributed by atoms with Crippen molar-refractivity contribution in [2.45, 2.75) is 45.1 Å². The summed E-state index contributed by atoms with van der Waals surface area (Å²) in [6, 6.07) is 0. The summed E-state index contributed by atoms with van der Waals surface area (Å²) in [6.45, 7) is 6.12. The Labute approximate surface area is 88.9 Å². The molecule has 1 saturated carbocycles. The molecule has 0 amide bonds. The Morgan fingerprint density at radius 1 is 1.53 bits per heavy atom. The lowest BCUT2D eigenvalue weighted by molar-refractivity contribution is 0.0695. The predicted octanol–water partition coefficient (Wildman–Crippen LogP) is 2.21. The highest BCUT2D eigenvalue weighted by Gasteiger charge is 2.34. The van der Waals surface area contributed by atoms with Gasteiger partial charge in [0.15, 0.2) is 0 Å². The largest absolute Gasteiger partial charge is 0.478 e. The molecule has 1 heterocycles. The summed E-state index contributed by atoms with van der Waals surface area (Å²) in [5.74, 6) is -0.467. The molecule has 0 aliphatic heterocycles. The summed E-state index contributed by atoms with van der Waals surface area (Å²) in [4.78, 5) is 11.0. The molecule has 0 radical (unpaired) electrons. The van der Waals surface area contributed by atoms with Crippen molar-refractivity contribution in [3.8, 4) is 0 Å². The van der Waals surface area contributed by atoms with Crippen molar-refractivity contribution in [1.82, 2.24) is 9.78 Å². The van der Waals surface area contributed by atoms with Crippen molar-refractivity contribution in [2.75, 3.05) is 0 Å². The zero-order valence-corrected chi connectivity index (χ0v) is 9.32. The monoisotopic (exact) mass is 208 g/mol. The fraction of sp³-hybridized carbons (Fsp3) is 0.636. The molecule has 1 aromatic heterocycles. The van der Waals surface area contributed by atoms with Crippen molar-refractivity contribution in [3.05, 3.63) is 17.5 Å². The summed E-state index contributed by atoms with van der Waals surface area (Å²) >= 11 is 0. The zero-order valence-electron chi connectivity index (χ0n) is 9.32. The van der Waals surface area contributed by atoms with E-state index >= 15 is 0 Å². The smallest absolute Gasteiger partial charge is 0.339 e. The van der Waals surface area contributed by atoms with E-state index in [1.807, 2.05) is 25.5 Å².